The number of aldehydes is 1. The highest BCUT2D eigenvalue weighted by Crippen LogP contribution is 2.27. The molecule has 1 aromatic rings. The molecule has 4 amide bonds. The number of carbonyl (C=O) groups is 4. The largest absolute Gasteiger partial charge is 0.495 e. The average Bonchev–Trinajstić information content (AvgIpc) is 2.61. The summed E-state index contributed by atoms with van der Waals surface area (Å²) in [4.78, 5) is 49.7. The lowest BCUT2D eigenvalue weighted by atomic mass is 10.1. The topological polar surface area (TPSA) is 96.0 Å². The van der Waals surface area contributed by atoms with Crippen molar-refractivity contribution in [3.63, 3.8) is 0 Å². The molecule has 0 radical (unpaired) electrons. The number of ether oxygens (including phenoxy) is 1. The third kappa shape index (κ3) is 3.90. The second-order valence-electron chi connectivity index (χ2n) is 5.30. The van der Waals surface area contributed by atoms with Gasteiger partial charge in [0.25, 0.3) is 0 Å². The molecule has 1 aliphatic heterocycles. The molecule has 8 nitrogen and oxygen atoms in total. The minimum absolute atomic E-state index is 0.0686. The van der Waals surface area contributed by atoms with Crippen LogP contribution in [-0.4, -0.2) is 60.7 Å². The van der Waals surface area contributed by atoms with Gasteiger partial charge in [0, 0.05) is 19.6 Å². The SMILES string of the molecule is CCN1CCN(C(=O)NC(C=O)c2ccc(OC)c(Cl)c2)C(=O)C1=O. The lowest BCUT2D eigenvalue weighted by Crippen LogP contribution is -2.58. The number of amides is 4. The normalized spacial score (nSPS) is 15.8. The Balaban J connectivity index is 2.12. The van der Waals surface area contributed by atoms with E-state index in [2.05, 4.69) is 5.32 Å². The number of nitrogens with zero attached hydrogens (tertiary/aromatic N) is 2. The fourth-order valence-electron chi connectivity index (χ4n) is 2.45. The molecule has 1 fully saturated rings. The molecular formula is C16H18ClN3O5. The lowest BCUT2D eigenvalue weighted by molar-refractivity contribution is -0.153. The minimum Gasteiger partial charge on any atom is -0.495 e. The summed E-state index contributed by atoms with van der Waals surface area (Å²) in [5.74, 6) is -1.22. The van der Waals surface area contributed by atoms with Gasteiger partial charge in [-0.15, -0.1) is 0 Å². The number of halogens is 1. The second-order valence-corrected chi connectivity index (χ2v) is 5.71. The fourth-order valence-corrected chi connectivity index (χ4v) is 2.72. The maximum absolute atomic E-state index is 12.3. The first-order valence-corrected chi connectivity index (χ1v) is 8.00. The van der Waals surface area contributed by atoms with Crippen LogP contribution in [-0.2, 0) is 14.4 Å². The lowest BCUT2D eigenvalue weighted by Gasteiger charge is -2.32. The summed E-state index contributed by atoms with van der Waals surface area (Å²) in [7, 11) is 1.46. The first-order chi connectivity index (χ1) is 11.9. The van der Waals surface area contributed by atoms with Crippen LogP contribution in [0.2, 0.25) is 5.02 Å². The molecule has 0 spiro atoms. The van der Waals surface area contributed by atoms with Crippen LogP contribution in [0.4, 0.5) is 4.79 Å². The van der Waals surface area contributed by atoms with Crippen LogP contribution in [0.3, 0.4) is 0 Å². The summed E-state index contributed by atoms with van der Waals surface area (Å²) in [6, 6.07) is 2.81. The highest BCUT2D eigenvalue weighted by Gasteiger charge is 2.36. The molecule has 1 atom stereocenters. The number of piperazine rings is 1. The quantitative estimate of drug-likeness (QED) is 0.618. The average molecular weight is 368 g/mol. The molecule has 1 saturated heterocycles. The van der Waals surface area contributed by atoms with E-state index in [0.717, 1.165) is 4.90 Å². The molecule has 0 bridgehead atoms. The third-order valence-electron chi connectivity index (χ3n) is 3.89. The minimum atomic E-state index is -1.01. The van der Waals surface area contributed by atoms with Crippen molar-refractivity contribution in [1.82, 2.24) is 15.1 Å². The second kappa shape index (κ2) is 7.98. The Kier molecular flexibility index (Phi) is 5.97. The van der Waals surface area contributed by atoms with E-state index < -0.39 is 23.9 Å². The molecule has 25 heavy (non-hydrogen) atoms. The van der Waals surface area contributed by atoms with E-state index in [1.807, 2.05) is 0 Å². The Bertz CT molecular complexity index is 709. The van der Waals surface area contributed by atoms with Gasteiger partial charge in [-0.05, 0) is 24.6 Å². The number of hydrogen-bond acceptors (Lipinski definition) is 5. The molecule has 0 aromatic heterocycles. The highest BCUT2D eigenvalue weighted by molar-refractivity contribution is 6.38. The number of carbonyl (C=O) groups excluding carboxylic acids is 4. The molecule has 1 aliphatic rings. The first-order valence-electron chi connectivity index (χ1n) is 7.62. The van der Waals surface area contributed by atoms with Gasteiger partial charge in [-0.25, -0.2) is 4.79 Å². The predicted octanol–water partition coefficient (Wildman–Crippen LogP) is 0.989. The van der Waals surface area contributed by atoms with Crippen LogP contribution >= 0.6 is 11.6 Å². The standard InChI is InChI=1S/C16H18ClN3O5/c1-3-19-6-7-20(15(23)14(19)22)16(24)18-12(9-21)10-4-5-13(25-2)11(17)8-10/h4-5,8-9,12H,3,6-7H2,1-2H3,(H,18,24). The van der Waals surface area contributed by atoms with Gasteiger partial charge >= 0.3 is 17.8 Å². The van der Waals surface area contributed by atoms with Crippen molar-refractivity contribution >= 4 is 35.7 Å². The van der Waals surface area contributed by atoms with Gasteiger partial charge < -0.3 is 19.7 Å². The van der Waals surface area contributed by atoms with Crippen LogP contribution in [0, 0.1) is 0 Å². The third-order valence-corrected chi connectivity index (χ3v) is 4.18. The molecule has 0 saturated carbocycles. The zero-order chi connectivity index (χ0) is 18.6. The van der Waals surface area contributed by atoms with Crippen molar-refractivity contribution in [1.29, 1.82) is 0 Å². The molecule has 2 rings (SSSR count). The number of methoxy groups -OCH3 is 1. The zero-order valence-electron chi connectivity index (χ0n) is 13.8. The Morgan fingerprint density at radius 3 is 2.64 bits per heavy atom. The van der Waals surface area contributed by atoms with Gasteiger partial charge in [0.1, 0.15) is 18.1 Å². The Morgan fingerprint density at radius 2 is 2.08 bits per heavy atom. The van der Waals surface area contributed by atoms with Crippen LogP contribution in [0.25, 0.3) is 0 Å². The number of hydrogen-bond donors (Lipinski definition) is 1. The Morgan fingerprint density at radius 1 is 1.36 bits per heavy atom. The van der Waals surface area contributed by atoms with E-state index >= 15 is 0 Å². The van der Waals surface area contributed by atoms with Crippen molar-refractivity contribution in [3.05, 3.63) is 28.8 Å². The summed E-state index contributed by atoms with van der Waals surface area (Å²) in [6.07, 6.45) is 0.518. The van der Waals surface area contributed by atoms with Gasteiger partial charge in [-0.2, -0.15) is 0 Å². The van der Waals surface area contributed by atoms with Crippen molar-refractivity contribution in [2.24, 2.45) is 0 Å². The monoisotopic (exact) mass is 367 g/mol. The number of benzene rings is 1. The molecule has 1 N–H and O–H groups in total. The van der Waals surface area contributed by atoms with Crippen molar-refractivity contribution in [2.75, 3.05) is 26.7 Å². The molecule has 1 unspecified atom stereocenters. The molecular weight excluding hydrogens is 350 g/mol. The van der Waals surface area contributed by atoms with E-state index in [0.29, 0.717) is 24.1 Å². The van der Waals surface area contributed by atoms with Crippen molar-refractivity contribution in [2.45, 2.75) is 13.0 Å². The summed E-state index contributed by atoms with van der Waals surface area (Å²) in [5.41, 5.74) is 0.431. The maximum Gasteiger partial charge on any atom is 0.325 e. The number of nitrogens with one attached hydrogen (secondary N) is 1. The highest BCUT2D eigenvalue weighted by atomic mass is 35.5. The first kappa shape index (κ1) is 18.7. The number of urea groups is 1. The van der Waals surface area contributed by atoms with E-state index in [-0.39, 0.29) is 18.1 Å². The molecule has 1 aromatic carbocycles. The summed E-state index contributed by atoms with van der Waals surface area (Å²) < 4.78 is 5.03. The molecule has 0 aliphatic carbocycles. The van der Waals surface area contributed by atoms with Crippen LogP contribution < -0.4 is 10.1 Å². The van der Waals surface area contributed by atoms with Crippen molar-refractivity contribution < 1.29 is 23.9 Å². The van der Waals surface area contributed by atoms with Gasteiger partial charge in [0.05, 0.1) is 12.1 Å². The molecule has 1 heterocycles. The van der Waals surface area contributed by atoms with Gasteiger partial charge in [0.2, 0.25) is 0 Å². The van der Waals surface area contributed by atoms with E-state index in [1.165, 1.54) is 18.1 Å². The van der Waals surface area contributed by atoms with Gasteiger partial charge in [-0.1, -0.05) is 17.7 Å². The smallest absolute Gasteiger partial charge is 0.325 e. The van der Waals surface area contributed by atoms with E-state index in [4.69, 9.17) is 16.3 Å². The summed E-state index contributed by atoms with van der Waals surface area (Å²) in [6.45, 7) is 2.46. The zero-order valence-corrected chi connectivity index (χ0v) is 14.6. The number of imide groups is 1. The summed E-state index contributed by atoms with van der Waals surface area (Å²) in [5, 5.41) is 2.71. The molecule has 134 valence electrons. The summed E-state index contributed by atoms with van der Waals surface area (Å²) >= 11 is 6.02. The van der Waals surface area contributed by atoms with Crippen LogP contribution in [0.1, 0.15) is 18.5 Å². The van der Waals surface area contributed by atoms with Crippen molar-refractivity contribution in [3.8, 4) is 5.75 Å². The number of likely N-dealkylation sites (N-methyl/N-ethyl adjacent to an activating group) is 1. The van der Waals surface area contributed by atoms with Crippen LogP contribution in [0.5, 0.6) is 5.75 Å². The maximum atomic E-state index is 12.3. The molecule has 9 heteroatoms. The predicted molar refractivity (Wildman–Crippen MR) is 89.3 cm³/mol. The van der Waals surface area contributed by atoms with Gasteiger partial charge in [0.15, 0.2) is 0 Å². The number of rotatable bonds is 5. The van der Waals surface area contributed by atoms with Gasteiger partial charge in [-0.3, -0.25) is 14.5 Å². The van der Waals surface area contributed by atoms with Crippen LogP contribution in [0.15, 0.2) is 18.2 Å². The van der Waals surface area contributed by atoms with E-state index in [1.54, 1.807) is 19.1 Å². The Hall–Kier alpha value is -2.61. The Labute approximate surface area is 149 Å². The fraction of sp³-hybridized carbons (Fsp3) is 0.375. The van der Waals surface area contributed by atoms with E-state index in [9.17, 15) is 19.2 Å².